The first kappa shape index (κ1) is 16.5. The molecule has 1 aromatic carbocycles. The minimum Gasteiger partial charge on any atom is -0.211 e. The Bertz CT molecular complexity index is 797. The van der Waals surface area contributed by atoms with Gasteiger partial charge in [-0.2, -0.15) is 5.26 Å². The second kappa shape index (κ2) is 6.90. The Morgan fingerprint density at radius 1 is 1.33 bits per heavy atom. The van der Waals surface area contributed by atoms with Crippen molar-refractivity contribution in [2.75, 3.05) is 6.54 Å². The Morgan fingerprint density at radius 3 is 2.71 bits per heavy atom. The molecule has 0 unspecified atom stereocenters. The van der Waals surface area contributed by atoms with Crippen LogP contribution in [0.5, 0.6) is 0 Å². The maximum Gasteiger partial charge on any atom is 0.242 e. The number of rotatable bonds is 5. The molecule has 2 aromatic rings. The maximum atomic E-state index is 12.2. The molecule has 0 atom stereocenters. The summed E-state index contributed by atoms with van der Waals surface area (Å²) in [5.41, 5.74) is 0.252. The standard InChI is InChI=1S/C13H10BrClN2O2S2/c14-13-4-2-10(20-13)5-6-17-21(18,19)12-7-9(8-16)1-3-11(12)15/h1-4,7,17H,5-6H2. The van der Waals surface area contributed by atoms with Crippen molar-refractivity contribution < 1.29 is 8.42 Å². The number of benzene rings is 1. The highest BCUT2D eigenvalue weighted by molar-refractivity contribution is 9.11. The minimum atomic E-state index is -3.73. The van der Waals surface area contributed by atoms with Crippen LogP contribution >= 0.6 is 38.9 Å². The van der Waals surface area contributed by atoms with Crippen LogP contribution in [0.2, 0.25) is 5.02 Å². The van der Waals surface area contributed by atoms with E-state index in [9.17, 15) is 8.42 Å². The van der Waals surface area contributed by atoms with E-state index >= 15 is 0 Å². The summed E-state index contributed by atoms with van der Waals surface area (Å²) in [6.07, 6.45) is 0.588. The van der Waals surface area contributed by atoms with Crippen LogP contribution in [0.3, 0.4) is 0 Å². The van der Waals surface area contributed by atoms with Crippen LogP contribution < -0.4 is 4.72 Å². The van der Waals surface area contributed by atoms with Gasteiger partial charge in [-0.05, 0) is 52.7 Å². The minimum absolute atomic E-state index is 0.0735. The van der Waals surface area contributed by atoms with E-state index in [1.807, 2.05) is 18.2 Å². The van der Waals surface area contributed by atoms with Gasteiger partial charge in [0.15, 0.2) is 0 Å². The number of nitriles is 1. The molecule has 0 radical (unpaired) electrons. The molecule has 2 rings (SSSR count). The molecule has 8 heteroatoms. The van der Waals surface area contributed by atoms with Crippen molar-refractivity contribution in [3.63, 3.8) is 0 Å². The molecule has 0 aliphatic heterocycles. The van der Waals surface area contributed by atoms with E-state index in [0.29, 0.717) is 6.42 Å². The summed E-state index contributed by atoms with van der Waals surface area (Å²) in [7, 11) is -3.73. The Labute approximate surface area is 140 Å². The van der Waals surface area contributed by atoms with E-state index in [1.165, 1.54) is 18.2 Å². The molecule has 110 valence electrons. The molecule has 1 aromatic heterocycles. The van der Waals surface area contributed by atoms with Gasteiger partial charge in [-0.1, -0.05) is 11.6 Å². The number of hydrogen-bond acceptors (Lipinski definition) is 4. The van der Waals surface area contributed by atoms with Gasteiger partial charge in [-0.15, -0.1) is 11.3 Å². The lowest BCUT2D eigenvalue weighted by molar-refractivity contribution is 0.582. The Balaban J connectivity index is 2.10. The van der Waals surface area contributed by atoms with Crippen LogP contribution in [0.4, 0.5) is 0 Å². The fourth-order valence-corrected chi connectivity index (χ4v) is 4.69. The summed E-state index contributed by atoms with van der Waals surface area (Å²) in [5, 5.41) is 8.93. The van der Waals surface area contributed by atoms with Gasteiger partial charge in [0, 0.05) is 11.4 Å². The van der Waals surface area contributed by atoms with Gasteiger partial charge in [0.1, 0.15) is 4.90 Å². The second-order valence-electron chi connectivity index (χ2n) is 4.11. The SMILES string of the molecule is N#Cc1ccc(Cl)c(S(=O)(=O)NCCc2ccc(Br)s2)c1. The lowest BCUT2D eigenvalue weighted by Crippen LogP contribution is -2.26. The number of halogens is 2. The van der Waals surface area contributed by atoms with Crippen LogP contribution in [0.25, 0.3) is 0 Å². The Morgan fingerprint density at radius 2 is 2.10 bits per heavy atom. The molecule has 0 fully saturated rings. The molecule has 0 amide bonds. The summed E-state index contributed by atoms with van der Waals surface area (Å²) < 4.78 is 27.9. The summed E-state index contributed by atoms with van der Waals surface area (Å²) in [4.78, 5) is 0.997. The van der Waals surface area contributed by atoms with Crippen LogP contribution in [0.15, 0.2) is 39.0 Å². The summed E-state index contributed by atoms with van der Waals surface area (Å²) in [6.45, 7) is 0.266. The average Bonchev–Trinajstić information content (AvgIpc) is 2.84. The predicted octanol–water partition coefficient (Wildman–Crippen LogP) is 3.56. The molecular weight excluding hydrogens is 396 g/mol. The van der Waals surface area contributed by atoms with E-state index in [1.54, 1.807) is 11.3 Å². The topological polar surface area (TPSA) is 70.0 Å². The normalized spacial score (nSPS) is 11.3. The Kier molecular flexibility index (Phi) is 5.41. The van der Waals surface area contributed by atoms with Gasteiger partial charge in [-0.25, -0.2) is 13.1 Å². The van der Waals surface area contributed by atoms with Crippen molar-refractivity contribution >= 4 is 48.9 Å². The largest absolute Gasteiger partial charge is 0.242 e. The number of sulfonamides is 1. The average molecular weight is 406 g/mol. The second-order valence-corrected chi connectivity index (χ2v) is 8.80. The van der Waals surface area contributed by atoms with E-state index in [-0.39, 0.29) is 22.0 Å². The van der Waals surface area contributed by atoms with Crippen LogP contribution in [0.1, 0.15) is 10.4 Å². The van der Waals surface area contributed by atoms with Crippen LogP contribution in [-0.2, 0) is 16.4 Å². The van der Waals surface area contributed by atoms with Crippen LogP contribution in [-0.4, -0.2) is 15.0 Å². The molecule has 0 aliphatic rings. The summed E-state index contributed by atoms with van der Waals surface area (Å²) >= 11 is 10.8. The van der Waals surface area contributed by atoms with Crippen LogP contribution in [0, 0.1) is 11.3 Å². The fraction of sp³-hybridized carbons (Fsp3) is 0.154. The van der Waals surface area contributed by atoms with Crippen molar-refractivity contribution in [2.45, 2.75) is 11.3 Å². The van der Waals surface area contributed by atoms with Gasteiger partial charge >= 0.3 is 0 Å². The van der Waals surface area contributed by atoms with Gasteiger partial charge in [0.25, 0.3) is 0 Å². The molecule has 1 heterocycles. The predicted molar refractivity (Wildman–Crippen MR) is 87.1 cm³/mol. The van der Waals surface area contributed by atoms with Gasteiger partial charge in [-0.3, -0.25) is 0 Å². The highest BCUT2D eigenvalue weighted by Crippen LogP contribution is 2.24. The highest BCUT2D eigenvalue weighted by atomic mass is 79.9. The zero-order chi connectivity index (χ0) is 15.5. The van der Waals surface area contributed by atoms with Crippen molar-refractivity contribution in [3.05, 3.63) is 49.6 Å². The number of hydrogen-bond donors (Lipinski definition) is 1. The first-order valence-corrected chi connectivity index (χ1v) is 9.33. The fourth-order valence-electron chi connectivity index (χ4n) is 1.65. The maximum absolute atomic E-state index is 12.2. The number of nitrogens with one attached hydrogen (secondary N) is 1. The lowest BCUT2D eigenvalue weighted by Gasteiger charge is -2.08. The van der Waals surface area contributed by atoms with Crippen molar-refractivity contribution in [2.24, 2.45) is 0 Å². The van der Waals surface area contributed by atoms with Crippen molar-refractivity contribution in [1.82, 2.24) is 4.72 Å². The molecule has 21 heavy (non-hydrogen) atoms. The molecule has 4 nitrogen and oxygen atoms in total. The zero-order valence-electron chi connectivity index (χ0n) is 10.6. The molecule has 1 N–H and O–H groups in total. The van der Waals surface area contributed by atoms with Crippen molar-refractivity contribution in [3.8, 4) is 6.07 Å². The molecule has 0 aliphatic carbocycles. The molecule has 0 saturated carbocycles. The highest BCUT2D eigenvalue weighted by Gasteiger charge is 2.18. The zero-order valence-corrected chi connectivity index (χ0v) is 14.6. The third-order valence-corrected chi connectivity index (χ3v) is 6.27. The molecule has 0 spiro atoms. The first-order chi connectivity index (χ1) is 9.92. The monoisotopic (exact) mass is 404 g/mol. The van der Waals surface area contributed by atoms with E-state index < -0.39 is 10.0 Å². The van der Waals surface area contributed by atoms with E-state index in [0.717, 1.165) is 8.66 Å². The van der Waals surface area contributed by atoms with Gasteiger partial charge < -0.3 is 0 Å². The number of nitrogens with zero attached hydrogens (tertiary/aromatic N) is 1. The van der Waals surface area contributed by atoms with Crippen molar-refractivity contribution in [1.29, 1.82) is 5.26 Å². The number of thiophene rings is 1. The summed E-state index contributed by atoms with van der Waals surface area (Å²) in [5.74, 6) is 0. The third kappa shape index (κ3) is 4.28. The lowest BCUT2D eigenvalue weighted by atomic mass is 10.2. The van der Waals surface area contributed by atoms with E-state index in [2.05, 4.69) is 20.7 Å². The van der Waals surface area contributed by atoms with E-state index in [4.69, 9.17) is 16.9 Å². The van der Waals surface area contributed by atoms with Gasteiger partial charge in [0.2, 0.25) is 10.0 Å². The summed E-state index contributed by atoms with van der Waals surface area (Å²) in [6, 6.07) is 9.91. The third-order valence-electron chi connectivity index (χ3n) is 2.64. The van der Waals surface area contributed by atoms with Gasteiger partial charge in [0.05, 0.1) is 20.4 Å². The molecule has 0 saturated heterocycles. The Hall–Kier alpha value is -0.910. The quantitative estimate of drug-likeness (QED) is 0.827. The molecular formula is C13H10BrClN2O2S2. The smallest absolute Gasteiger partial charge is 0.211 e. The first-order valence-electron chi connectivity index (χ1n) is 5.86. The molecule has 0 bridgehead atoms.